The van der Waals surface area contributed by atoms with Crippen molar-refractivity contribution in [2.24, 2.45) is 11.1 Å². The van der Waals surface area contributed by atoms with E-state index in [2.05, 4.69) is 0 Å². The molecule has 0 spiro atoms. The number of benzene rings is 2. The predicted molar refractivity (Wildman–Crippen MR) is 131 cm³/mol. The average molecular weight is 527 g/mol. The van der Waals surface area contributed by atoms with Crippen molar-refractivity contribution in [3.63, 3.8) is 0 Å². The molecule has 2 saturated heterocycles. The van der Waals surface area contributed by atoms with Gasteiger partial charge in [-0.15, -0.1) is 0 Å². The highest BCUT2D eigenvalue weighted by atomic mass is 35.5. The van der Waals surface area contributed by atoms with Crippen molar-refractivity contribution in [3.05, 3.63) is 69.2 Å². The third-order valence-corrected chi connectivity index (χ3v) is 7.75. The van der Waals surface area contributed by atoms with Crippen molar-refractivity contribution in [3.8, 4) is 0 Å². The normalized spacial score (nSPS) is 28.3. The molecular formula is C26H30Cl2F2N2O3. The first-order valence-electron chi connectivity index (χ1n) is 11.4. The lowest BCUT2D eigenvalue weighted by Gasteiger charge is -2.44. The van der Waals surface area contributed by atoms with Gasteiger partial charge in [-0.1, -0.05) is 55.2 Å². The van der Waals surface area contributed by atoms with Crippen LogP contribution < -0.4 is 5.73 Å². The molecule has 2 aromatic rings. The lowest BCUT2D eigenvalue weighted by atomic mass is 9.68. The highest BCUT2D eigenvalue weighted by Crippen LogP contribution is 2.58. The summed E-state index contributed by atoms with van der Waals surface area (Å²) >= 11 is 12.2. The number of ether oxygens (including phenoxy) is 2. The van der Waals surface area contributed by atoms with Gasteiger partial charge in [0, 0.05) is 29.7 Å². The van der Waals surface area contributed by atoms with Gasteiger partial charge in [0.25, 0.3) is 0 Å². The lowest BCUT2D eigenvalue weighted by Crippen LogP contribution is -2.57. The van der Waals surface area contributed by atoms with E-state index < -0.39 is 52.3 Å². The second-order valence-corrected chi connectivity index (χ2v) is 11.6. The summed E-state index contributed by atoms with van der Waals surface area (Å²) in [5.74, 6) is -2.86. The van der Waals surface area contributed by atoms with Gasteiger partial charge in [0.1, 0.15) is 17.7 Å². The molecule has 2 fully saturated rings. The Kier molecular flexibility index (Phi) is 6.73. The number of rotatable bonds is 6. The fraction of sp³-hybridized carbons (Fsp3) is 0.500. The van der Waals surface area contributed by atoms with Gasteiger partial charge in [0.2, 0.25) is 0 Å². The number of hydrogen-bond donors (Lipinski definition) is 1. The zero-order valence-electron chi connectivity index (χ0n) is 20.4. The number of nitrogens with two attached hydrogens (primary N) is 1. The topological polar surface area (TPSA) is 64.8 Å². The summed E-state index contributed by atoms with van der Waals surface area (Å²) in [7, 11) is 1.60. The van der Waals surface area contributed by atoms with Crippen LogP contribution in [0.3, 0.4) is 0 Å². The van der Waals surface area contributed by atoms with E-state index in [1.165, 1.54) is 18.2 Å². The Morgan fingerprint density at radius 1 is 1.20 bits per heavy atom. The van der Waals surface area contributed by atoms with Gasteiger partial charge >= 0.3 is 5.97 Å². The van der Waals surface area contributed by atoms with Gasteiger partial charge < -0.3 is 15.2 Å². The van der Waals surface area contributed by atoms with Gasteiger partial charge in [-0.3, -0.25) is 4.79 Å². The summed E-state index contributed by atoms with van der Waals surface area (Å²) in [5.41, 5.74) is 4.52. The van der Waals surface area contributed by atoms with Gasteiger partial charge in [0.15, 0.2) is 5.72 Å². The largest absolute Gasteiger partial charge is 0.443 e. The van der Waals surface area contributed by atoms with Crippen molar-refractivity contribution < 1.29 is 23.0 Å². The molecule has 0 amide bonds. The van der Waals surface area contributed by atoms with Crippen molar-refractivity contribution in [1.82, 2.24) is 4.90 Å². The minimum Gasteiger partial charge on any atom is -0.443 e. The number of cyclic esters (lactones) is 1. The fourth-order valence-corrected chi connectivity index (χ4v) is 6.33. The van der Waals surface area contributed by atoms with Crippen molar-refractivity contribution in [2.75, 3.05) is 13.7 Å². The number of fused-ring (bicyclic) bond motifs is 1. The van der Waals surface area contributed by atoms with E-state index in [0.717, 1.165) is 0 Å². The van der Waals surface area contributed by atoms with E-state index in [0.29, 0.717) is 13.0 Å². The van der Waals surface area contributed by atoms with Crippen LogP contribution >= 0.6 is 23.2 Å². The highest BCUT2D eigenvalue weighted by Gasteiger charge is 2.69. The summed E-state index contributed by atoms with van der Waals surface area (Å²) in [5, 5.41) is 0.0941. The number of nitrogens with zero attached hydrogens (tertiary/aromatic N) is 1. The highest BCUT2D eigenvalue weighted by molar-refractivity contribution is 6.31. The first kappa shape index (κ1) is 26.3. The molecule has 4 atom stereocenters. The number of hydrogen-bond acceptors (Lipinski definition) is 5. The van der Waals surface area contributed by atoms with E-state index in [1.807, 2.05) is 18.7 Å². The van der Waals surface area contributed by atoms with E-state index in [4.69, 9.17) is 38.4 Å². The zero-order chi connectivity index (χ0) is 25.9. The van der Waals surface area contributed by atoms with Gasteiger partial charge in [-0.2, -0.15) is 0 Å². The second kappa shape index (κ2) is 8.96. The Morgan fingerprint density at radius 2 is 1.89 bits per heavy atom. The predicted octanol–water partition coefficient (Wildman–Crippen LogP) is 5.62. The monoisotopic (exact) mass is 526 g/mol. The number of esters is 1. The molecule has 35 heavy (non-hydrogen) atoms. The minimum atomic E-state index is -1.54. The summed E-state index contributed by atoms with van der Waals surface area (Å²) in [6, 6.07) is 7.22. The molecule has 2 N–H and O–H groups in total. The molecular weight excluding hydrogens is 497 g/mol. The Hall–Kier alpha value is -1.77. The quantitative estimate of drug-likeness (QED) is 0.495. The molecule has 2 heterocycles. The summed E-state index contributed by atoms with van der Waals surface area (Å²) < 4.78 is 42.3. The van der Waals surface area contributed by atoms with Crippen LogP contribution in [0.25, 0.3) is 0 Å². The summed E-state index contributed by atoms with van der Waals surface area (Å²) in [6.07, 6.45) is 0.411. The van der Waals surface area contributed by atoms with Crippen LogP contribution in [0.15, 0.2) is 36.4 Å². The Bertz CT molecular complexity index is 1160. The van der Waals surface area contributed by atoms with Crippen LogP contribution in [0.4, 0.5) is 8.78 Å². The molecule has 4 rings (SSSR count). The SMILES string of the molecule is COCC(C)(C)C[C@@H]1N2[C@@H](C(=O)OC2(C)C)[C@H](c2cccc(Cl)c2F)[C@@]1(N)c1ccc(Cl)cc1F. The molecule has 0 unspecified atom stereocenters. The van der Waals surface area contributed by atoms with E-state index in [-0.39, 0.29) is 21.2 Å². The number of halogens is 4. The summed E-state index contributed by atoms with van der Waals surface area (Å²) in [4.78, 5) is 15.2. The van der Waals surface area contributed by atoms with Crippen LogP contribution in [0.2, 0.25) is 10.0 Å². The van der Waals surface area contributed by atoms with Crippen LogP contribution in [-0.2, 0) is 19.8 Å². The molecule has 2 aliphatic rings. The molecule has 190 valence electrons. The van der Waals surface area contributed by atoms with Crippen molar-refractivity contribution >= 4 is 29.2 Å². The van der Waals surface area contributed by atoms with E-state index in [1.54, 1.807) is 39.2 Å². The van der Waals surface area contributed by atoms with Gasteiger partial charge in [-0.05, 0) is 49.4 Å². The van der Waals surface area contributed by atoms with Gasteiger partial charge in [0.05, 0.1) is 17.2 Å². The lowest BCUT2D eigenvalue weighted by molar-refractivity contribution is -0.153. The standard InChI is InChI=1S/C26H30Cl2F2N2O3/c1-24(2,13-34-5)12-19-26(31,16-10-9-14(27)11-18(16)29)20(15-7-6-8-17(28)21(15)30)22-23(33)35-25(3,4)32(19)22/h6-11,19-20,22H,12-13,31H2,1-5H3/t19-,20-,22+,26+/m0/s1. The number of methoxy groups -OCH3 is 1. The fourth-order valence-electron chi connectivity index (χ4n) is 5.99. The molecule has 0 aliphatic carbocycles. The Morgan fingerprint density at radius 3 is 2.51 bits per heavy atom. The maximum absolute atomic E-state index is 15.6. The maximum Gasteiger partial charge on any atom is 0.325 e. The average Bonchev–Trinajstić information content (AvgIpc) is 3.12. The third-order valence-electron chi connectivity index (χ3n) is 7.23. The van der Waals surface area contributed by atoms with Crippen molar-refractivity contribution in [1.29, 1.82) is 0 Å². The molecule has 2 aliphatic heterocycles. The maximum atomic E-state index is 15.6. The zero-order valence-corrected chi connectivity index (χ0v) is 21.9. The molecule has 5 nitrogen and oxygen atoms in total. The van der Waals surface area contributed by atoms with Crippen LogP contribution in [0, 0.1) is 17.0 Å². The molecule has 2 aromatic carbocycles. The van der Waals surface area contributed by atoms with E-state index >= 15 is 8.78 Å². The first-order chi connectivity index (χ1) is 16.2. The smallest absolute Gasteiger partial charge is 0.325 e. The number of carbonyl (C=O) groups is 1. The second-order valence-electron chi connectivity index (χ2n) is 10.7. The Labute approximate surface area is 214 Å². The molecule has 9 heteroatoms. The van der Waals surface area contributed by atoms with Crippen molar-refractivity contribution in [2.45, 2.75) is 63.4 Å². The number of carbonyl (C=O) groups excluding carboxylic acids is 1. The molecule has 0 bridgehead atoms. The molecule has 0 radical (unpaired) electrons. The van der Waals surface area contributed by atoms with Gasteiger partial charge in [-0.25, -0.2) is 13.7 Å². The first-order valence-corrected chi connectivity index (χ1v) is 12.2. The van der Waals surface area contributed by atoms with Crippen LogP contribution in [-0.4, -0.2) is 42.4 Å². The Balaban J connectivity index is 2.04. The minimum absolute atomic E-state index is 0.109. The van der Waals surface area contributed by atoms with Crippen LogP contribution in [0.5, 0.6) is 0 Å². The van der Waals surface area contributed by atoms with E-state index in [9.17, 15) is 4.79 Å². The molecule has 0 saturated carbocycles. The van der Waals surface area contributed by atoms with Crippen LogP contribution in [0.1, 0.15) is 51.2 Å². The molecule has 0 aromatic heterocycles. The third kappa shape index (κ3) is 4.25. The summed E-state index contributed by atoms with van der Waals surface area (Å²) in [6.45, 7) is 7.92.